The molecule has 6 nitrogen and oxygen atoms in total. The highest BCUT2D eigenvalue weighted by Crippen LogP contribution is 2.28. The van der Waals surface area contributed by atoms with Crippen LogP contribution in [0.1, 0.15) is 24.2 Å². The van der Waals surface area contributed by atoms with Crippen LogP contribution in [0.4, 0.5) is 0 Å². The van der Waals surface area contributed by atoms with Gasteiger partial charge in [0.05, 0.1) is 12.2 Å². The van der Waals surface area contributed by atoms with Crippen LogP contribution in [0.25, 0.3) is 10.8 Å². The van der Waals surface area contributed by atoms with Gasteiger partial charge in [-0.05, 0) is 37.3 Å². The number of carbonyl (C=O) groups is 1. The maximum absolute atomic E-state index is 13.3. The molecule has 2 saturated heterocycles. The van der Waals surface area contributed by atoms with Crippen LogP contribution in [0.15, 0.2) is 36.7 Å². The Bertz CT molecular complexity index is 827. The van der Waals surface area contributed by atoms with Crippen LogP contribution >= 0.6 is 0 Å². The molecular formula is C22H29N3O3. The Balaban J connectivity index is 1.49. The van der Waals surface area contributed by atoms with Gasteiger partial charge in [0, 0.05) is 68.6 Å². The molecule has 1 N–H and O–H groups in total. The van der Waals surface area contributed by atoms with Crippen molar-refractivity contribution < 1.29 is 14.6 Å². The van der Waals surface area contributed by atoms with E-state index in [1.54, 1.807) is 12.4 Å². The van der Waals surface area contributed by atoms with E-state index in [1.165, 1.54) is 0 Å². The fourth-order valence-corrected chi connectivity index (χ4v) is 4.76. The highest BCUT2D eigenvalue weighted by molar-refractivity contribution is 6.06. The normalized spacial score (nSPS) is 28.8. The van der Waals surface area contributed by atoms with Crippen molar-refractivity contribution in [3.05, 3.63) is 42.2 Å². The lowest BCUT2D eigenvalue weighted by Gasteiger charge is -2.37. The molecule has 1 aromatic heterocycles. The highest BCUT2D eigenvalue weighted by atomic mass is 16.5. The van der Waals surface area contributed by atoms with Crippen molar-refractivity contribution in [2.24, 2.45) is 11.8 Å². The molecule has 1 amide bonds. The van der Waals surface area contributed by atoms with E-state index in [9.17, 15) is 9.90 Å². The molecule has 3 heterocycles. The van der Waals surface area contributed by atoms with E-state index >= 15 is 0 Å². The van der Waals surface area contributed by atoms with Gasteiger partial charge in [0.1, 0.15) is 0 Å². The van der Waals surface area contributed by atoms with Crippen molar-refractivity contribution in [1.29, 1.82) is 0 Å². The lowest BCUT2D eigenvalue weighted by molar-refractivity contribution is -0.0726. The van der Waals surface area contributed by atoms with E-state index in [0.29, 0.717) is 18.7 Å². The monoisotopic (exact) mass is 383 g/mol. The first kappa shape index (κ1) is 19.3. The lowest BCUT2D eigenvalue weighted by Crippen LogP contribution is -2.48. The van der Waals surface area contributed by atoms with Gasteiger partial charge < -0.3 is 14.7 Å². The molecule has 4 rings (SSSR count). The minimum Gasteiger partial charge on any atom is -0.396 e. The van der Waals surface area contributed by atoms with Crippen LogP contribution in [0, 0.1) is 11.8 Å². The number of pyridine rings is 1. The van der Waals surface area contributed by atoms with E-state index < -0.39 is 0 Å². The number of aromatic nitrogens is 1. The molecule has 28 heavy (non-hydrogen) atoms. The second-order valence-corrected chi connectivity index (χ2v) is 8.29. The van der Waals surface area contributed by atoms with Crippen molar-refractivity contribution in [1.82, 2.24) is 14.8 Å². The molecular weight excluding hydrogens is 354 g/mol. The molecule has 4 atom stereocenters. The van der Waals surface area contributed by atoms with Crippen molar-refractivity contribution in [3.63, 3.8) is 0 Å². The first-order valence-electron chi connectivity index (χ1n) is 10.2. The molecule has 2 aromatic rings. The van der Waals surface area contributed by atoms with Gasteiger partial charge in [-0.3, -0.25) is 14.7 Å². The van der Waals surface area contributed by atoms with Crippen LogP contribution in [0.3, 0.4) is 0 Å². The average Bonchev–Trinajstić information content (AvgIpc) is 3.09. The van der Waals surface area contributed by atoms with Gasteiger partial charge in [-0.2, -0.15) is 0 Å². The molecule has 0 aliphatic carbocycles. The molecule has 0 bridgehead atoms. The molecule has 6 heteroatoms. The number of rotatable bonds is 4. The van der Waals surface area contributed by atoms with Crippen LogP contribution < -0.4 is 0 Å². The summed E-state index contributed by atoms with van der Waals surface area (Å²) >= 11 is 0. The van der Waals surface area contributed by atoms with E-state index in [-0.39, 0.29) is 36.6 Å². The number of aliphatic hydroxyl groups is 1. The third-order valence-corrected chi connectivity index (χ3v) is 6.00. The molecule has 0 radical (unpaired) electrons. The number of aliphatic hydroxyl groups excluding tert-OH is 1. The van der Waals surface area contributed by atoms with Crippen molar-refractivity contribution in [2.75, 3.05) is 39.3 Å². The summed E-state index contributed by atoms with van der Waals surface area (Å²) in [5.74, 6) is 0.443. The number of ether oxygens (including phenoxy) is 1. The summed E-state index contributed by atoms with van der Waals surface area (Å²) in [7, 11) is 0. The maximum Gasteiger partial charge on any atom is 0.254 e. The first-order valence-corrected chi connectivity index (χ1v) is 10.2. The summed E-state index contributed by atoms with van der Waals surface area (Å²) in [6.07, 6.45) is 3.96. The van der Waals surface area contributed by atoms with Gasteiger partial charge in [0.2, 0.25) is 0 Å². The number of hydrogen-bond donors (Lipinski definition) is 1. The van der Waals surface area contributed by atoms with Crippen LogP contribution in [-0.4, -0.2) is 77.3 Å². The molecule has 2 aliphatic heterocycles. The Labute approximate surface area is 166 Å². The van der Waals surface area contributed by atoms with Crippen LogP contribution in [0.2, 0.25) is 0 Å². The molecule has 2 aliphatic rings. The van der Waals surface area contributed by atoms with Gasteiger partial charge >= 0.3 is 0 Å². The van der Waals surface area contributed by atoms with E-state index in [4.69, 9.17) is 4.74 Å². The first-order chi connectivity index (χ1) is 13.5. The highest BCUT2D eigenvalue weighted by Gasteiger charge is 2.37. The topological polar surface area (TPSA) is 65.9 Å². The summed E-state index contributed by atoms with van der Waals surface area (Å²) < 4.78 is 5.83. The smallest absolute Gasteiger partial charge is 0.254 e. The number of amides is 1. The third-order valence-electron chi connectivity index (χ3n) is 6.00. The predicted octanol–water partition coefficient (Wildman–Crippen LogP) is 2.02. The quantitative estimate of drug-likeness (QED) is 0.875. The fraction of sp³-hybridized carbons (Fsp3) is 0.545. The lowest BCUT2D eigenvalue weighted by atomic mass is 9.96. The van der Waals surface area contributed by atoms with Crippen molar-refractivity contribution >= 4 is 16.7 Å². The zero-order valence-corrected chi connectivity index (χ0v) is 16.6. The number of benzene rings is 1. The van der Waals surface area contributed by atoms with Gasteiger partial charge in [-0.15, -0.1) is 0 Å². The average molecular weight is 383 g/mol. The van der Waals surface area contributed by atoms with Gasteiger partial charge in [0.25, 0.3) is 5.91 Å². The van der Waals surface area contributed by atoms with Gasteiger partial charge in [-0.1, -0.05) is 12.1 Å². The summed E-state index contributed by atoms with van der Waals surface area (Å²) in [6.45, 7) is 8.32. The fourth-order valence-electron chi connectivity index (χ4n) is 4.76. The Morgan fingerprint density at radius 1 is 1.14 bits per heavy atom. The Morgan fingerprint density at radius 2 is 1.89 bits per heavy atom. The predicted molar refractivity (Wildman–Crippen MR) is 108 cm³/mol. The zero-order valence-electron chi connectivity index (χ0n) is 16.6. The summed E-state index contributed by atoms with van der Waals surface area (Å²) in [5.41, 5.74) is 0.714. The third kappa shape index (κ3) is 3.90. The summed E-state index contributed by atoms with van der Waals surface area (Å²) in [4.78, 5) is 21.7. The minimum atomic E-state index is 0.0430. The largest absolute Gasteiger partial charge is 0.396 e. The van der Waals surface area contributed by atoms with Gasteiger partial charge in [0.15, 0.2) is 0 Å². The standard InChI is InChI=1S/C22H29N3O3/c1-15-9-24(10-16(2)28-15)11-18-12-25(13-19(18)14-26)22(27)21-5-3-4-17-8-23-7-6-20(17)21/h3-8,15-16,18-19,26H,9-14H2,1-2H3/t15-,16+,18-,19-/m0/s1. The Kier molecular flexibility index (Phi) is 5.62. The van der Waals surface area contributed by atoms with E-state index in [2.05, 4.69) is 23.7 Å². The number of carbonyl (C=O) groups excluding carboxylic acids is 1. The maximum atomic E-state index is 13.3. The van der Waals surface area contributed by atoms with Crippen molar-refractivity contribution in [3.8, 4) is 0 Å². The number of likely N-dealkylation sites (tertiary alicyclic amines) is 1. The molecule has 0 saturated carbocycles. The zero-order chi connectivity index (χ0) is 19.7. The molecule has 0 unspecified atom stereocenters. The molecule has 0 spiro atoms. The second-order valence-electron chi connectivity index (χ2n) is 8.29. The minimum absolute atomic E-state index is 0.0430. The molecule has 150 valence electrons. The SMILES string of the molecule is C[C@@H]1CN(C[C@H]2CN(C(=O)c3cccc4cnccc34)C[C@H]2CO)C[C@H](C)O1. The summed E-state index contributed by atoms with van der Waals surface area (Å²) in [6, 6.07) is 7.67. The van der Waals surface area contributed by atoms with Crippen LogP contribution in [0.5, 0.6) is 0 Å². The van der Waals surface area contributed by atoms with Crippen LogP contribution in [-0.2, 0) is 4.74 Å². The second kappa shape index (κ2) is 8.15. The number of morpholine rings is 1. The van der Waals surface area contributed by atoms with E-state index in [0.717, 1.165) is 30.4 Å². The Hall–Kier alpha value is -2.02. The van der Waals surface area contributed by atoms with Crippen molar-refractivity contribution in [2.45, 2.75) is 26.1 Å². The Morgan fingerprint density at radius 3 is 2.64 bits per heavy atom. The van der Waals surface area contributed by atoms with Gasteiger partial charge in [-0.25, -0.2) is 0 Å². The number of nitrogens with zero attached hydrogens (tertiary/aromatic N) is 3. The molecule has 2 fully saturated rings. The molecule has 1 aromatic carbocycles. The number of fused-ring (bicyclic) bond motifs is 1. The van der Waals surface area contributed by atoms with E-state index in [1.807, 2.05) is 29.2 Å². The summed E-state index contributed by atoms with van der Waals surface area (Å²) in [5, 5.41) is 11.8. The number of hydrogen-bond acceptors (Lipinski definition) is 5.